The molecule has 29 unspecified atom stereocenters. The van der Waals surface area contributed by atoms with Crippen LogP contribution in [-0.2, 0) is 52.4 Å². The van der Waals surface area contributed by atoms with Crippen LogP contribution in [0.3, 0.4) is 0 Å². The summed E-state index contributed by atoms with van der Waals surface area (Å²) in [7, 11) is 0. The topological polar surface area (TPSA) is 181 Å². The fourth-order valence-electron chi connectivity index (χ4n) is 20.4. The van der Waals surface area contributed by atoms with Gasteiger partial charge >= 0.3 is 29.8 Å². The lowest BCUT2D eigenvalue weighted by Gasteiger charge is -2.48. The van der Waals surface area contributed by atoms with Crippen molar-refractivity contribution in [2.24, 2.45) is 136 Å². The highest BCUT2D eigenvalue weighted by Gasteiger charge is 2.76. The highest BCUT2D eigenvalue weighted by Crippen LogP contribution is 2.74. The van der Waals surface area contributed by atoms with Crippen molar-refractivity contribution in [2.75, 3.05) is 13.2 Å². The summed E-state index contributed by atoms with van der Waals surface area (Å²) in [6.45, 7) is 11.8. The normalized spacial score (nSPS) is 57.4. The fraction of sp³-hybridized carbons (Fsp3) is 0.904. The Balaban J connectivity index is 0.827. The lowest BCUT2D eigenvalue weighted by molar-refractivity contribution is -0.164. The second-order valence-electron chi connectivity index (χ2n) is 25.6. The number of aliphatic hydroxyl groups is 1. The number of cyclic esters (lactones) is 2. The molecule has 356 valence electrons. The summed E-state index contributed by atoms with van der Waals surface area (Å²) in [5.74, 6) is 1.58. The highest BCUT2D eigenvalue weighted by molar-refractivity contribution is 5.96. The van der Waals surface area contributed by atoms with Gasteiger partial charge < -0.3 is 38.6 Å². The summed E-state index contributed by atoms with van der Waals surface area (Å²) in [5, 5.41) is 20.0. The Morgan fingerprint density at radius 3 is 1.77 bits per heavy atom. The summed E-state index contributed by atoms with van der Waals surface area (Å²) < 4.78 is 38.5. The van der Waals surface area contributed by atoms with Crippen molar-refractivity contribution in [1.29, 1.82) is 0 Å². The van der Waals surface area contributed by atoms with Gasteiger partial charge in [-0.1, -0.05) is 13.8 Å². The van der Waals surface area contributed by atoms with Crippen molar-refractivity contribution >= 4 is 29.8 Å². The zero-order valence-electron chi connectivity index (χ0n) is 38.8. The van der Waals surface area contributed by atoms with Crippen LogP contribution in [0.2, 0.25) is 0 Å². The number of rotatable bonds is 11. The number of aliphatic carboxylic acids is 1. The number of hydrogen-bond acceptors (Lipinski definition) is 12. The van der Waals surface area contributed by atoms with Crippen molar-refractivity contribution in [1.82, 2.24) is 0 Å². The van der Waals surface area contributed by atoms with Crippen LogP contribution in [0.4, 0.5) is 0 Å². The van der Waals surface area contributed by atoms with Crippen LogP contribution in [0, 0.1) is 136 Å². The standard InChI is InChI=1S/C52H70O13/c1-18-23(41-37-26-9-20(34(37)40(18)61-41)12-32(26)49(57)65-51(3,4)5)14-27-30(44-38-25-10-21(35(38)42(27)62-44)11-31(25)47(55)60-8-7-53)16-29-28(15-24-19(2)46(54)64-48(24)56)45-39-33-13-22(36(39)43(29)63-45)17-52(33,6)50(58)59/h18-45,53H,7-17H2,1-6H3,(H,58,59). The van der Waals surface area contributed by atoms with Gasteiger partial charge in [-0.25, -0.2) is 0 Å². The van der Waals surface area contributed by atoms with E-state index in [1.807, 2.05) is 27.7 Å². The third-order valence-electron chi connectivity index (χ3n) is 22.3. The summed E-state index contributed by atoms with van der Waals surface area (Å²) >= 11 is 0. The average Bonchev–Trinajstić information content (AvgIpc) is 4.09. The Labute approximate surface area is 381 Å². The lowest BCUT2D eigenvalue weighted by atomic mass is 9.53. The van der Waals surface area contributed by atoms with E-state index in [0.29, 0.717) is 54.3 Å². The van der Waals surface area contributed by atoms with Gasteiger partial charge in [-0.15, -0.1) is 0 Å². The van der Waals surface area contributed by atoms with E-state index in [-0.39, 0.29) is 139 Å². The molecule has 6 aliphatic carbocycles. The van der Waals surface area contributed by atoms with Crippen LogP contribution in [0.25, 0.3) is 0 Å². The molecule has 7 saturated heterocycles. The first kappa shape index (κ1) is 42.5. The molecule has 0 radical (unpaired) electrons. The van der Waals surface area contributed by atoms with Crippen LogP contribution in [-0.4, -0.2) is 95.5 Å². The number of carboxylic acids is 1. The van der Waals surface area contributed by atoms with Crippen molar-refractivity contribution in [3.63, 3.8) is 0 Å². The second-order valence-corrected chi connectivity index (χ2v) is 25.6. The molecule has 13 heteroatoms. The van der Waals surface area contributed by atoms with E-state index in [4.69, 9.17) is 28.4 Å². The van der Waals surface area contributed by atoms with E-state index < -0.39 is 40.8 Å². The zero-order chi connectivity index (χ0) is 45.1. The van der Waals surface area contributed by atoms with E-state index in [9.17, 15) is 34.2 Å². The minimum Gasteiger partial charge on any atom is -0.481 e. The number of esters is 4. The van der Waals surface area contributed by atoms with Crippen LogP contribution < -0.4 is 0 Å². The molecule has 13 aliphatic rings. The molecule has 7 heterocycles. The van der Waals surface area contributed by atoms with Crippen LogP contribution in [0.15, 0.2) is 0 Å². The Morgan fingerprint density at radius 1 is 0.662 bits per heavy atom. The molecule has 6 saturated carbocycles. The SMILES string of the molecule is CC1C(=O)OC(=O)C1CC1C(CC2C(CC3C(C)C4OC3C3C5CC(CC5C(=O)OC(C)(C)C)C43)C3OC2C2C4CC(CC4C(=O)OCCO)C32)C2OC1C1C2C2CC1C(C)(C(=O)O)C2. The van der Waals surface area contributed by atoms with Gasteiger partial charge in [0.05, 0.1) is 72.3 Å². The predicted molar refractivity (Wildman–Crippen MR) is 226 cm³/mol. The van der Waals surface area contributed by atoms with Gasteiger partial charge in [-0.3, -0.25) is 24.0 Å². The molecule has 0 aromatic heterocycles. The summed E-state index contributed by atoms with van der Waals surface area (Å²) in [4.78, 5) is 66.2. The quantitative estimate of drug-likeness (QED) is 0.149. The number of hydrogen-bond donors (Lipinski definition) is 2. The number of ether oxygens (including phenoxy) is 6. The molecule has 0 aromatic rings. The first-order valence-electron chi connectivity index (χ1n) is 25.9. The monoisotopic (exact) mass is 902 g/mol. The molecule has 29 atom stereocenters. The van der Waals surface area contributed by atoms with E-state index in [0.717, 1.165) is 44.9 Å². The molecule has 7 aliphatic heterocycles. The zero-order valence-corrected chi connectivity index (χ0v) is 38.8. The molecule has 12 bridgehead atoms. The summed E-state index contributed by atoms with van der Waals surface area (Å²) in [6.07, 6.45) is 7.85. The minimum absolute atomic E-state index is 0.0137. The maximum Gasteiger partial charge on any atom is 0.317 e. The number of carbonyl (C=O) groups is 5. The summed E-state index contributed by atoms with van der Waals surface area (Å²) in [6, 6.07) is 0. The molecule has 13 rings (SSSR count). The van der Waals surface area contributed by atoms with Crippen molar-refractivity contribution < 1.29 is 62.6 Å². The average molecular weight is 903 g/mol. The molecular weight excluding hydrogens is 833 g/mol. The Kier molecular flexibility index (Phi) is 9.31. The van der Waals surface area contributed by atoms with Gasteiger partial charge in [0.25, 0.3) is 0 Å². The third kappa shape index (κ3) is 5.67. The lowest BCUT2D eigenvalue weighted by Crippen LogP contribution is -2.52. The van der Waals surface area contributed by atoms with Crippen molar-refractivity contribution in [3.05, 3.63) is 0 Å². The first-order chi connectivity index (χ1) is 31.0. The van der Waals surface area contributed by atoms with E-state index >= 15 is 0 Å². The smallest absolute Gasteiger partial charge is 0.317 e. The Hall–Kier alpha value is -2.61. The van der Waals surface area contributed by atoms with Gasteiger partial charge in [0, 0.05) is 0 Å². The fourth-order valence-corrected chi connectivity index (χ4v) is 20.4. The largest absolute Gasteiger partial charge is 0.481 e. The van der Waals surface area contributed by atoms with E-state index in [2.05, 4.69) is 6.92 Å². The summed E-state index contributed by atoms with van der Waals surface area (Å²) in [5.41, 5.74) is -1.32. The molecule has 13 nitrogen and oxygen atoms in total. The van der Waals surface area contributed by atoms with Crippen molar-refractivity contribution in [2.45, 2.75) is 142 Å². The van der Waals surface area contributed by atoms with Crippen LogP contribution >= 0.6 is 0 Å². The predicted octanol–water partition coefficient (Wildman–Crippen LogP) is 5.57. The molecule has 0 amide bonds. The van der Waals surface area contributed by atoms with E-state index in [1.54, 1.807) is 6.92 Å². The third-order valence-corrected chi connectivity index (χ3v) is 22.3. The Bertz CT molecular complexity index is 2070. The minimum atomic E-state index is -0.797. The molecular formula is C52H70O13. The molecule has 65 heavy (non-hydrogen) atoms. The maximum atomic E-state index is 13.7. The van der Waals surface area contributed by atoms with Gasteiger partial charge in [0.1, 0.15) is 12.2 Å². The Morgan fingerprint density at radius 2 is 1.18 bits per heavy atom. The molecule has 0 spiro atoms. The molecule has 2 N–H and O–H groups in total. The molecule has 13 fully saturated rings. The van der Waals surface area contributed by atoms with Crippen LogP contribution in [0.5, 0.6) is 0 Å². The number of fused-ring (bicyclic) bond motifs is 27. The second kappa shape index (κ2) is 14.2. The van der Waals surface area contributed by atoms with Crippen LogP contribution in [0.1, 0.15) is 99.3 Å². The van der Waals surface area contributed by atoms with Gasteiger partial charge in [0.15, 0.2) is 0 Å². The van der Waals surface area contributed by atoms with Gasteiger partial charge in [-0.2, -0.15) is 0 Å². The van der Waals surface area contributed by atoms with E-state index in [1.165, 1.54) is 0 Å². The van der Waals surface area contributed by atoms with Gasteiger partial charge in [0.2, 0.25) is 0 Å². The number of aliphatic hydroxyl groups excluding tert-OH is 1. The highest BCUT2D eigenvalue weighted by atomic mass is 16.6. The number of carboxylic acid groups (broad SMARTS) is 1. The maximum absolute atomic E-state index is 13.7. The van der Waals surface area contributed by atoms with Gasteiger partial charge in [-0.05, 0) is 192 Å². The number of carbonyl (C=O) groups excluding carboxylic acids is 4. The van der Waals surface area contributed by atoms with Crippen molar-refractivity contribution in [3.8, 4) is 0 Å². The first-order valence-corrected chi connectivity index (χ1v) is 25.9. The molecule has 0 aromatic carbocycles.